The number of halogens is 1. The van der Waals surface area contributed by atoms with E-state index in [0.29, 0.717) is 37.0 Å². The van der Waals surface area contributed by atoms with Crippen LogP contribution in [0.3, 0.4) is 0 Å². The molecule has 2 aromatic carbocycles. The number of carbonyl (C=O) groups is 1. The van der Waals surface area contributed by atoms with Crippen molar-refractivity contribution in [1.29, 1.82) is 0 Å². The van der Waals surface area contributed by atoms with Crippen LogP contribution in [0.1, 0.15) is 17.9 Å². The second-order valence-electron chi connectivity index (χ2n) is 7.37. The molecule has 30 heavy (non-hydrogen) atoms. The van der Waals surface area contributed by atoms with E-state index in [1.807, 2.05) is 24.3 Å². The molecule has 7 nitrogen and oxygen atoms in total. The van der Waals surface area contributed by atoms with Crippen molar-refractivity contribution in [2.45, 2.75) is 17.2 Å². The van der Waals surface area contributed by atoms with E-state index in [0.717, 1.165) is 17.7 Å². The molecule has 1 aliphatic heterocycles. The summed E-state index contributed by atoms with van der Waals surface area (Å²) in [5, 5.41) is 3.10. The number of sulfonamides is 1. The van der Waals surface area contributed by atoms with Crippen molar-refractivity contribution in [2.24, 2.45) is 5.92 Å². The Labute approximate surface area is 181 Å². The summed E-state index contributed by atoms with van der Waals surface area (Å²) >= 11 is 6.23. The van der Waals surface area contributed by atoms with Crippen LogP contribution in [0, 0.1) is 5.92 Å². The zero-order chi connectivity index (χ0) is 21.3. The quantitative estimate of drug-likeness (QED) is 0.730. The SMILES string of the molecule is COc1ccc(C2CC2C(=O)Nc2cc(S(=O)(=O)N3CCOCC3)ccc2Cl)cc1. The summed E-state index contributed by atoms with van der Waals surface area (Å²) < 4.78 is 37.5. The molecule has 160 valence electrons. The third-order valence-electron chi connectivity index (χ3n) is 5.47. The molecule has 1 heterocycles. The average Bonchev–Trinajstić information content (AvgIpc) is 3.57. The van der Waals surface area contributed by atoms with Crippen LogP contribution in [-0.4, -0.2) is 52.0 Å². The fourth-order valence-electron chi connectivity index (χ4n) is 3.63. The topological polar surface area (TPSA) is 84.9 Å². The van der Waals surface area contributed by atoms with Crippen molar-refractivity contribution in [1.82, 2.24) is 4.31 Å². The lowest BCUT2D eigenvalue weighted by atomic mass is 10.1. The standard InChI is InChI=1S/C21H23ClN2O5S/c1-28-15-4-2-14(3-5-15)17-13-18(17)21(25)23-20-12-16(6-7-19(20)22)30(26,27)24-8-10-29-11-9-24/h2-7,12,17-18H,8-11,13H2,1H3,(H,23,25). The van der Waals surface area contributed by atoms with Crippen LogP contribution in [-0.2, 0) is 19.6 Å². The fourth-order valence-corrected chi connectivity index (χ4v) is 5.23. The summed E-state index contributed by atoms with van der Waals surface area (Å²) in [6.45, 7) is 1.34. The summed E-state index contributed by atoms with van der Waals surface area (Å²) in [7, 11) is -2.06. The first-order valence-corrected chi connectivity index (χ1v) is 11.5. The van der Waals surface area contributed by atoms with Crippen LogP contribution in [0.25, 0.3) is 0 Å². The first kappa shape index (κ1) is 21.1. The van der Waals surface area contributed by atoms with Crippen molar-refractivity contribution in [3.8, 4) is 5.75 Å². The minimum Gasteiger partial charge on any atom is -0.497 e. The lowest BCUT2D eigenvalue weighted by molar-refractivity contribution is -0.117. The highest BCUT2D eigenvalue weighted by molar-refractivity contribution is 7.89. The van der Waals surface area contributed by atoms with Crippen LogP contribution < -0.4 is 10.1 Å². The van der Waals surface area contributed by atoms with Crippen molar-refractivity contribution < 1.29 is 22.7 Å². The Balaban J connectivity index is 1.46. The fraction of sp³-hybridized carbons (Fsp3) is 0.381. The van der Waals surface area contributed by atoms with Crippen LogP contribution in [0.4, 0.5) is 5.69 Å². The predicted octanol–water partition coefficient (Wildman–Crippen LogP) is 3.11. The maximum Gasteiger partial charge on any atom is 0.243 e. The molecule has 2 atom stereocenters. The highest BCUT2D eigenvalue weighted by Crippen LogP contribution is 2.48. The Morgan fingerprint density at radius 1 is 1.17 bits per heavy atom. The van der Waals surface area contributed by atoms with Crippen LogP contribution >= 0.6 is 11.6 Å². The molecule has 1 N–H and O–H groups in total. The van der Waals surface area contributed by atoms with Crippen molar-refractivity contribution in [3.63, 3.8) is 0 Å². The van der Waals surface area contributed by atoms with E-state index < -0.39 is 10.0 Å². The van der Waals surface area contributed by atoms with Gasteiger partial charge in [-0.2, -0.15) is 4.31 Å². The van der Waals surface area contributed by atoms with Gasteiger partial charge in [-0.3, -0.25) is 4.79 Å². The van der Waals surface area contributed by atoms with Gasteiger partial charge in [-0.1, -0.05) is 23.7 Å². The largest absolute Gasteiger partial charge is 0.497 e. The highest BCUT2D eigenvalue weighted by Gasteiger charge is 2.44. The number of morpholine rings is 1. The van der Waals surface area contributed by atoms with Gasteiger partial charge in [0.25, 0.3) is 0 Å². The molecule has 1 amide bonds. The van der Waals surface area contributed by atoms with E-state index in [1.54, 1.807) is 7.11 Å². The number of hydrogen-bond donors (Lipinski definition) is 1. The number of methoxy groups -OCH3 is 1. The normalized spacial score (nSPS) is 21.8. The zero-order valence-corrected chi connectivity index (χ0v) is 18.1. The van der Waals surface area contributed by atoms with Gasteiger partial charge in [0, 0.05) is 19.0 Å². The van der Waals surface area contributed by atoms with E-state index in [1.165, 1.54) is 22.5 Å². The molecule has 4 rings (SSSR count). The Bertz CT molecular complexity index is 1040. The maximum absolute atomic E-state index is 12.9. The first-order chi connectivity index (χ1) is 14.4. The second kappa shape index (κ2) is 8.55. The van der Waals surface area contributed by atoms with Gasteiger partial charge >= 0.3 is 0 Å². The van der Waals surface area contributed by atoms with Crippen molar-refractivity contribution >= 4 is 33.2 Å². The smallest absolute Gasteiger partial charge is 0.243 e. The molecule has 1 aliphatic carbocycles. The number of nitrogens with one attached hydrogen (secondary N) is 1. The van der Waals surface area contributed by atoms with Crippen molar-refractivity contribution in [2.75, 3.05) is 38.7 Å². The monoisotopic (exact) mass is 450 g/mol. The van der Waals surface area contributed by atoms with Gasteiger partial charge in [-0.05, 0) is 48.2 Å². The molecule has 2 aliphatic rings. The zero-order valence-electron chi connectivity index (χ0n) is 16.5. The lowest BCUT2D eigenvalue weighted by Gasteiger charge is -2.26. The van der Waals surface area contributed by atoms with Gasteiger partial charge in [0.2, 0.25) is 15.9 Å². The molecule has 0 radical (unpaired) electrons. The Morgan fingerprint density at radius 3 is 2.53 bits per heavy atom. The minimum atomic E-state index is -3.67. The Hall–Kier alpha value is -2.13. The summed E-state index contributed by atoms with van der Waals surface area (Å²) in [5.74, 6) is 0.563. The number of nitrogens with zero attached hydrogens (tertiary/aromatic N) is 1. The van der Waals surface area contributed by atoms with E-state index in [-0.39, 0.29) is 22.6 Å². The summed E-state index contributed by atoms with van der Waals surface area (Å²) in [6, 6.07) is 12.0. The summed E-state index contributed by atoms with van der Waals surface area (Å²) in [6.07, 6.45) is 0.738. The number of ether oxygens (including phenoxy) is 2. The van der Waals surface area contributed by atoms with Crippen molar-refractivity contribution in [3.05, 3.63) is 53.1 Å². The Morgan fingerprint density at radius 2 is 1.87 bits per heavy atom. The molecular weight excluding hydrogens is 428 g/mol. The number of hydrogen-bond acceptors (Lipinski definition) is 5. The average molecular weight is 451 g/mol. The van der Waals surface area contributed by atoms with Crippen LogP contribution in [0.2, 0.25) is 5.02 Å². The van der Waals surface area contributed by atoms with E-state index in [2.05, 4.69) is 5.32 Å². The number of amides is 1. The third-order valence-corrected chi connectivity index (χ3v) is 7.70. The van der Waals surface area contributed by atoms with Gasteiger partial charge in [-0.25, -0.2) is 8.42 Å². The number of anilines is 1. The Kier molecular flexibility index (Phi) is 6.02. The van der Waals surface area contributed by atoms with Gasteiger partial charge in [-0.15, -0.1) is 0 Å². The van der Waals surface area contributed by atoms with Crippen LogP contribution in [0.5, 0.6) is 5.75 Å². The van der Waals surface area contributed by atoms with Crippen LogP contribution in [0.15, 0.2) is 47.4 Å². The number of rotatable bonds is 6. The molecule has 9 heteroatoms. The second-order valence-corrected chi connectivity index (χ2v) is 9.71. The molecule has 1 saturated heterocycles. The van der Waals surface area contributed by atoms with Gasteiger partial charge in [0.05, 0.1) is 35.9 Å². The molecule has 2 fully saturated rings. The number of carbonyl (C=O) groups excluding carboxylic acids is 1. The highest BCUT2D eigenvalue weighted by atomic mass is 35.5. The molecule has 0 bridgehead atoms. The predicted molar refractivity (Wildman–Crippen MR) is 114 cm³/mol. The first-order valence-electron chi connectivity index (χ1n) is 9.72. The van der Waals surface area contributed by atoms with E-state index in [9.17, 15) is 13.2 Å². The van der Waals surface area contributed by atoms with E-state index in [4.69, 9.17) is 21.1 Å². The van der Waals surface area contributed by atoms with Gasteiger partial charge in [0.1, 0.15) is 5.75 Å². The molecule has 0 spiro atoms. The third kappa shape index (κ3) is 4.32. The maximum atomic E-state index is 12.9. The number of benzene rings is 2. The van der Waals surface area contributed by atoms with E-state index >= 15 is 0 Å². The minimum absolute atomic E-state index is 0.103. The van der Waals surface area contributed by atoms with Gasteiger partial charge < -0.3 is 14.8 Å². The molecular formula is C21H23ClN2O5S. The molecule has 2 unspecified atom stereocenters. The summed E-state index contributed by atoms with van der Waals surface area (Å²) in [5.41, 5.74) is 1.38. The lowest BCUT2D eigenvalue weighted by Crippen LogP contribution is -2.40. The molecule has 1 saturated carbocycles. The molecule has 2 aromatic rings. The van der Waals surface area contributed by atoms with Gasteiger partial charge in [0.15, 0.2) is 0 Å². The summed E-state index contributed by atoms with van der Waals surface area (Å²) in [4.78, 5) is 12.8. The molecule has 0 aromatic heterocycles.